The molecule has 39 heavy (non-hydrogen) atoms. The number of benzene rings is 1. The Balaban J connectivity index is 1.03. The van der Waals surface area contributed by atoms with Crippen LogP contribution >= 0.6 is 22.7 Å². The summed E-state index contributed by atoms with van der Waals surface area (Å²) in [7, 11) is 2.20. The molecule has 3 saturated heterocycles. The highest BCUT2D eigenvalue weighted by molar-refractivity contribution is 7.24. The Hall–Kier alpha value is -2.54. The zero-order chi connectivity index (χ0) is 26.9. The molecule has 2 N–H and O–H groups in total. The maximum Gasteiger partial charge on any atom is 0.242 e. The third kappa shape index (κ3) is 5.84. The molecule has 10 nitrogen and oxygen atoms in total. The fourth-order valence-electron chi connectivity index (χ4n) is 5.97. The van der Waals surface area contributed by atoms with E-state index in [0.717, 1.165) is 88.4 Å². The Morgan fingerprint density at radius 3 is 1.87 bits per heavy atom. The summed E-state index contributed by atoms with van der Waals surface area (Å²) in [5.41, 5.74) is 2.86. The minimum Gasteiger partial charge on any atom is -0.352 e. The Kier molecular flexibility index (Phi) is 7.88. The van der Waals surface area contributed by atoms with Gasteiger partial charge in [0.15, 0.2) is 10.3 Å². The number of nitrogens with one attached hydrogen (secondary N) is 2. The second-order valence-electron chi connectivity index (χ2n) is 11.0. The average Bonchev–Trinajstić information content (AvgIpc) is 3.71. The van der Waals surface area contributed by atoms with E-state index < -0.39 is 0 Å². The number of nitrogens with zero attached hydrogens (tertiary/aromatic N) is 6. The van der Waals surface area contributed by atoms with Crippen LogP contribution in [-0.2, 0) is 9.59 Å². The maximum absolute atomic E-state index is 12.9. The molecule has 6 rings (SSSR count). The zero-order valence-electron chi connectivity index (χ0n) is 22.9. The van der Waals surface area contributed by atoms with Crippen LogP contribution in [0.5, 0.6) is 0 Å². The van der Waals surface area contributed by atoms with Gasteiger partial charge in [0.05, 0.1) is 33.5 Å². The predicted molar refractivity (Wildman–Crippen MR) is 159 cm³/mol. The summed E-state index contributed by atoms with van der Waals surface area (Å²) < 4.78 is 2.15. The predicted octanol–water partition coefficient (Wildman–Crippen LogP) is 2.90. The number of carbonyl (C=O) groups is 2. The van der Waals surface area contributed by atoms with Gasteiger partial charge in [-0.2, -0.15) is 0 Å². The van der Waals surface area contributed by atoms with Gasteiger partial charge in [0.2, 0.25) is 11.8 Å². The number of rotatable bonds is 7. The van der Waals surface area contributed by atoms with Crippen LogP contribution in [0.3, 0.4) is 0 Å². The highest BCUT2D eigenvalue weighted by Gasteiger charge is 2.28. The van der Waals surface area contributed by atoms with E-state index in [-0.39, 0.29) is 24.9 Å². The molecule has 0 bridgehead atoms. The van der Waals surface area contributed by atoms with Crippen molar-refractivity contribution in [1.29, 1.82) is 0 Å². The number of anilines is 2. The van der Waals surface area contributed by atoms with Crippen molar-refractivity contribution in [2.45, 2.75) is 38.6 Å². The summed E-state index contributed by atoms with van der Waals surface area (Å²) in [6.07, 6.45) is 4.64. The SMILES string of the molecule is Cc1c2nc(NCC(=O)N3CCCC3)sc2cc2sc(NCC(=O)N3CCN(C4CCN(C)CC4)CC3)nc12. The van der Waals surface area contributed by atoms with Crippen molar-refractivity contribution in [3.63, 3.8) is 0 Å². The minimum atomic E-state index is 0.135. The van der Waals surface area contributed by atoms with Crippen molar-refractivity contribution in [3.05, 3.63) is 11.6 Å². The quantitative estimate of drug-likeness (QED) is 0.448. The van der Waals surface area contributed by atoms with E-state index in [1.54, 1.807) is 22.7 Å². The Morgan fingerprint density at radius 1 is 0.821 bits per heavy atom. The first-order valence-corrected chi connectivity index (χ1v) is 15.7. The van der Waals surface area contributed by atoms with Crippen molar-refractivity contribution < 1.29 is 9.59 Å². The summed E-state index contributed by atoms with van der Waals surface area (Å²) in [5.74, 6) is 0.270. The third-order valence-corrected chi connectivity index (χ3v) is 10.3. The number of amides is 2. The number of hydrogen-bond acceptors (Lipinski definition) is 10. The van der Waals surface area contributed by atoms with Gasteiger partial charge in [-0.1, -0.05) is 22.7 Å². The molecule has 210 valence electrons. The zero-order valence-corrected chi connectivity index (χ0v) is 24.5. The van der Waals surface area contributed by atoms with Gasteiger partial charge in [0.25, 0.3) is 0 Å². The van der Waals surface area contributed by atoms with Crippen LogP contribution in [0.15, 0.2) is 6.07 Å². The van der Waals surface area contributed by atoms with E-state index in [1.807, 2.05) is 16.7 Å². The molecule has 3 aliphatic heterocycles. The monoisotopic (exact) mass is 570 g/mol. The first-order valence-electron chi connectivity index (χ1n) is 14.1. The lowest BCUT2D eigenvalue weighted by Gasteiger charge is -2.42. The Labute approximate surface area is 237 Å². The highest BCUT2D eigenvalue weighted by Crippen LogP contribution is 2.37. The van der Waals surface area contributed by atoms with Gasteiger partial charge >= 0.3 is 0 Å². The first kappa shape index (κ1) is 26.7. The number of hydrogen-bond donors (Lipinski definition) is 2. The molecule has 0 aliphatic carbocycles. The molecular formula is C27H38N8O2S2. The van der Waals surface area contributed by atoms with Gasteiger partial charge in [-0.15, -0.1) is 0 Å². The minimum absolute atomic E-state index is 0.135. The number of thiazole rings is 2. The third-order valence-electron chi connectivity index (χ3n) is 8.39. The topological polar surface area (TPSA) is 96.9 Å². The lowest BCUT2D eigenvalue weighted by atomic mass is 10.0. The number of carbonyl (C=O) groups excluding carboxylic acids is 2. The van der Waals surface area contributed by atoms with Crippen molar-refractivity contribution in [2.75, 3.05) is 83.1 Å². The van der Waals surface area contributed by atoms with Crippen LogP contribution in [0.2, 0.25) is 0 Å². The highest BCUT2D eigenvalue weighted by atomic mass is 32.1. The van der Waals surface area contributed by atoms with Crippen LogP contribution < -0.4 is 10.6 Å². The Bertz CT molecular complexity index is 1330. The summed E-state index contributed by atoms with van der Waals surface area (Å²) in [4.78, 5) is 43.8. The fraction of sp³-hybridized carbons (Fsp3) is 0.630. The van der Waals surface area contributed by atoms with Crippen molar-refractivity contribution in [2.24, 2.45) is 0 Å². The summed E-state index contributed by atoms with van der Waals surface area (Å²) in [6, 6.07) is 2.78. The molecule has 0 saturated carbocycles. The number of piperazine rings is 1. The molecule has 5 heterocycles. The average molecular weight is 571 g/mol. The van der Waals surface area contributed by atoms with E-state index in [9.17, 15) is 9.59 Å². The van der Waals surface area contributed by atoms with Gasteiger partial charge < -0.3 is 25.3 Å². The van der Waals surface area contributed by atoms with Gasteiger partial charge in [-0.3, -0.25) is 14.5 Å². The molecule has 0 unspecified atom stereocenters. The molecule has 3 fully saturated rings. The molecule has 0 radical (unpaired) electrons. The van der Waals surface area contributed by atoms with Crippen LogP contribution in [0.25, 0.3) is 20.4 Å². The van der Waals surface area contributed by atoms with E-state index >= 15 is 0 Å². The fourth-order valence-corrected chi connectivity index (χ4v) is 7.97. The summed E-state index contributed by atoms with van der Waals surface area (Å²) >= 11 is 3.14. The number of aryl methyl sites for hydroxylation is 1. The molecule has 2 aromatic heterocycles. The van der Waals surface area contributed by atoms with Crippen molar-refractivity contribution in [1.82, 2.24) is 29.6 Å². The number of piperidine rings is 1. The smallest absolute Gasteiger partial charge is 0.242 e. The molecule has 12 heteroatoms. The number of aromatic nitrogens is 2. The Morgan fingerprint density at radius 2 is 1.33 bits per heavy atom. The van der Waals surface area contributed by atoms with Gasteiger partial charge in [-0.25, -0.2) is 9.97 Å². The molecule has 1 aromatic carbocycles. The molecule has 0 spiro atoms. The van der Waals surface area contributed by atoms with Gasteiger partial charge in [0.1, 0.15) is 0 Å². The molecular weight excluding hydrogens is 532 g/mol. The number of fused-ring (bicyclic) bond motifs is 2. The standard InChI is InChI=1S/C27H38N8O2S2/c1-18-24-20(38-26(30-24)28-16-22(36)34-7-3-4-8-34)15-21-25(18)31-27(39-21)29-17-23(37)35-13-11-33(12-14-35)19-5-9-32(2)10-6-19/h15,19H,3-14,16-17H2,1-2H3,(H,28,30)(H,29,31). The van der Waals surface area contributed by atoms with E-state index in [4.69, 9.17) is 9.97 Å². The second kappa shape index (κ2) is 11.5. The second-order valence-corrected chi connectivity index (χ2v) is 13.0. The van der Waals surface area contributed by atoms with Crippen molar-refractivity contribution in [3.8, 4) is 0 Å². The van der Waals surface area contributed by atoms with Crippen LogP contribution in [0.4, 0.5) is 10.3 Å². The molecule has 3 aliphatic rings. The number of likely N-dealkylation sites (tertiary alicyclic amines) is 2. The summed E-state index contributed by atoms with van der Waals surface area (Å²) in [5, 5.41) is 8.03. The van der Waals surface area contributed by atoms with Gasteiger partial charge in [0, 0.05) is 50.9 Å². The largest absolute Gasteiger partial charge is 0.352 e. The van der Waals surface area contributed by atoms with Crippen LogP contribution in [-0.4, -0.2) is 120 Å². The van der Waals surface area contributed by atoms with Crippen LogP contribution in [0.1, 0.15) is 31.2 Å². The lowest BCUT2D eigenvalue weighted by Crippen LogP contribution is -2.54. The van der Waals surface area contributed by atoms with E-state index in [1.165, 1.54) is 25.9 Å². The van der Waals surface area contributed by atoms with Gasteiger partial charge in [-0.05, 0) is 58.8 Å². The van der Waals surface area contributed by atoms with E-state index in [0.29, 0.717) is 6.04 Å². The molecule has 0 atom stereocenters. The van der Waals surface area contributed by atoms with Crippen molar-refractivity contribution >= 4 is 65.2 Å². The van der Waals surface area contributed by atoms with Crippen LogP contribution in [0, 0.1) is 6.92 Å². The first-order chi connectivity index (χ1) is 18.9. The van der Waals surface area contributed by atoms with E-state index in [2.05, 4.69) is 33.5 Å². The summed E-state index contributed by atoms with van der Waals surface area (Å²) in [6.45, 7) is 10.2. The lowest BCUT2D eigenvalue weighted by molar-refractivity contribution is -0.131. The maximum atomic E-state index is 12.9. The molecule has 2 amide bonds. The normalized spacial score (nSPS) is 19.8. The molecule has 3 aromatic rings.